The summed E-state index contributed by atoms with van der Waals surface area (Å²) in [6.07, 6.45) is 3.01. The third-order valence-electron chi connectivity index (χ3n) is 5.78. The fourth-order valence-corrected chi connectivity index (χ4v) is 4.41. The zero-order valence-corrected chi connectivity index (χ0v) is 16.3. The maximum absolute atomic E-state index is 13.4. The summed E-state index contributed by atoms with van der Waals surface area (Å²) in [4.78, 5) is 32.4. The lowest BCUT2D eigenvalue weighted by Gasteiger charge is -2.27. The normalized spacial score (nSPS) is 23.5. The van der Waals surface area contributed by atoms with Gasteiger partial charge < -0.3 is 19.4 Å². The van der Waals surface area contributed by atoms with Crippen molar-refractivity contribution in [2.24, 2.45) is 11.3 Å². The second-order valence-corrected chi connectivity index (χ2v) is 8.07. The number of fused-ring (bicyclic) bond motifs is 1. The number of aliphatic hydroxyl groups excluding tert-OH is 1. The molecular weight excluding hydrogens is 403 g/mol. The number of nitrogens with zero attached hydrogens (tertiary/aromatic N) is 4. The van der Waals surface area contributed by atoms with Crippen LogP contribution in [0, 0.1) is 17.2 Å². The highest BCUT2D eigenvalue weighted by atomic mass is 35.5. The first kappa shape index (κ1) is 19.8. The molecule has 2 amide bonds. The highest BCUT2D eigenvalue weighted by molar-refractivity contribution is 6.29. The molecule has 2 fully saturated rings. The van der Waals surface area contributed by atoms with Crippen LogP contribution in [0.25, 0.3) is 0 Å². The molecule has 154 valence electrons. The Kier molecular flexibility index (Phi) is 5.26. The van der Waals surface area contributed by atoms with Gasteiger partial charge in [0.2, 0.25) is 5.91 Å². The topological polar surface area (TPSA) is 99.8 Å². The number of halogens is 2. The number of carbonyl (C=O) groups is 2. The molecule has 0 spiro atoms. The Bertz CT molecular complexity index is 938. The van der Waals surface area contributed by atoms with Crippen LogP contribution in [0.3, 0.4) is 0 Å². The van der Waals surface area contributed by atoms with Crippen LogP contribution in [0.4, 0.5) is 4.39 Å². The summed E-state index contributed by atoms with van der Waals surface area (Å²) in [5.74, 6) is -0.440. The number of carbonyl (C=O) groups excluding carboxylic acids is 2. The Morgan fingerprint density at radius 2 is 2.03 bits per heavy atom. The number of rotatable bonds is 5. The molecule has 10 heteroatoms. The summed E-state index contributed by atoms with van der Waals surface area (Å²) in [6.45, 7) is 1.41. The number of hydrogen-bond acceptors (Lipinski definition) is 6. The Labute approximate surface area is 171 Å². The summed E-state index contributed by atoms with van der Waals surface area (Å²) in [7, 11) is 0. The number of aliphatic hydroxyl groups is 1. The summed E-state index contributed by atoms with van der Waals surface area (Å²) in [6, 6.07) is 2.73. The SMILES string of the molecule is O=C(CCc1cc(Cl)no1)N1CC2CN(C(=O)c3cncc(F)c3)CC2(CO)C1. The molecular formula is C19H20ClFN4O4. The number of aromatic nitrogens is 2. The summed E-state index contributed by atoms with van der Waals surface area (Å²) in [5.41, 5.74) is -0.390. The Balaban J connectivity index is 1.39. The van der Waals surface area contributed by atoms with E-state index in [0.717, 1.165) is 12.3 Å². The zero-order valence-electron chi connectivity index (χ0n) is 15.6. The van der Waals surface area contributed by atoms with E-state index in [2.05, 4.69) is 10.1 Å². The minimum Gasteiger partial charge on any atom is -0.396 e. The van der Waals surface area contributed by atoms with Gasteiger partial charge in [-0.05, 0) is 6.07 Å². The van der Waals surface area contributed by atoms with E-state index in [1.165, 1.54) is 6.20 Å². The van der Waals surface area contributed by atoms with E-state index in [-0.39, 0.29) is 41.5 Å². The molecule has 1 N–H and O–H groups in total. The van der Waals surface area contributed by atoms with Crippen LogP contribution in [0.5, 0.6) is 0 Å². The molecule has 2 aliphatic heterocycles. The molecule has 29 heavy (non-hydrogen) atoms. The Morgan fingerprint density at radius 1 is 1.28 bits per heavy atom. The number of likely N-dealkylation sites (tertiary alicyclic amines) is 2. The smallest absolute Gasteiger partial charge is 0.255 e. The van der Waals surface area contributed by atoms with Gasteiger partial charge in [0, 0.05) is 62.6 Å². The lowest BCUT2D eigenvalue weighted by atomic mass is 9.82. The van der Waals surface area contributed by atoms with Gasteiger partial charge in [0.05, 0.1) is 18.4 Å². The molecule has 8 nitrogen and oxygen atoms in total. The molecule has 0 aliphatic carbocycles. The molecule has 4 rings (SSSR count). The molecule has 0 bridgehead atoms. The van der Waals surface area contributed by atoms with Crippen molar-refractivity contribution < 1.29 is 23.6 Å². The van der Waals surface area contributed by atoms with E-state index in [0.29, 0.717) is 38.4 Å². The van der Waals surface area contributed by atoms with Crippen LogP contribution in [0.15, 0.2) is 29.0 Å². The molecule has 0 aromatic carbocycles. The molecule has 2 aromatic heterocycles. The van der Waals surface area contributed by atoms with Gasteiger partial charge in [-0.25, -0.2) is 4.39 Å². The van der Waals surface area contributed by atoms with Gasteiger partial charge in [0.1, 0.15) is 11.6 Å². The van der Waals surface area contributed by atoms with Gasteiger partial charge in [-0.3, -0.25) is 14.6 Å². The molecule has 2 aromatic rings. The van der Waals surface area contributed by atoms with E-state index in [1.54, 1.807) is 15.9 Å². The summed E-state index contributed by atoms with van der Waals surface area (Å²) >= 11 is 5.71. The van der Waals surface area contributed by atoms with Crippen molar-refractivity contribution in [2.45, 2.75) is 12.8 Å². The van der Waals surface area contributed by atoms with Gasteiger partial charge in [-0.15, -0.1) is 0 Å². The Morgan fingerprint density at radius 3 is 2.69 bits per heavy atom. The molecule has 0 radical (unpaired) electrons. The third-order valence-corrected chi connectivity index (χ3v) is 5.96. The van der Waals surface area contributed by atoms with Crippen LogP contribution in [-0.2, 0) is 11.2 Å². The second kappa shape index (κ2) is 7.72. The quantitative estimate of drug-likeness (QED) is 0.781. The average molecular weight is 423 g/mol. The van der Waals surface area contributed by atoms with Crippen LogP contribution >= 0.6 is 11.6 Å². The van der Waals surface area contributed by atoms with Crippen molar-refractivity contribution in [3.05, 3.63) is 46.8 Å². The van der Waals surface area contributed by atoms with Crippen LogP contribution in [0.2, 0.25) is 5.15 Å². The summed E-state index contributed by atoms with van der Waals surface area (Å²) < 4.78 is 18.4. The number of hydrogen-bond donors (Lipinski definition) is 1. The van der Waals surface area contributed by atoms with Crippen molar-refractivity contribution in [1.82, 2.24) is 19.9 Å². The number of amides is 2. The first-order valence-electron chi connectivity index (χ1n) is 9.30. The molecule has 0 saturated carbocycles. The standard InChI is InChI=1S/C19H20ClFN4O4/c20-16-4-15(29-23-16)1-2-17(27)24-7-13-8-25(10-19(13,9-24)11-26)18(28)12-3-14(21)6-22-5-12/h3-6,13,26H,1-2,7-11H2. The maximum Gasteiger partial charge on any atom is 0.255 e. The van der Waals surface area contributed by atoms with Gasteiger partial charge in [0.25, 0.3) is 5.91 Å². The van der Waals surface area contributed by atoms with Crippen molar-refractivity contribution in [3.63, 3.8) is 0 Å². The minimum atomic E-state index is -0.572. The maximum atomic E-state index is 13.4. The van der Waals surface area contributed by atoms with Crippen molar-refractivity contribution in [2.75, 3.05) is 32.8 Å². The monoisotopic (exact) mass is 422 g/mol. The number of pyridine rings is 1. The average Bonchev–Trinajstić information content (AvgIpc) is 3.37. The summed E-state index contributed by atoms with van der Waals surface area (Å²) in [5, 5.41) is 13.9. The first-order valence-corrected chi connectivity index (χ1v) is 9.67. The number of aryl methyl sites for hydroxylation is 1. The molecule has 2 aliphatic rings. The van der Waals surface area contributed by atoms with Gasteiger partial charge in [-0.1, -0.05) is 16.8 Å². The Hall–Kier alpha value is -2.52. The predicted octanol–water partition coefficient (Wildman–Crippen LogP) is 1.39. The van der Waals surface area contributed by atoms with Crippen LogP contribution in [0.1, 0.15) is 22.5 Å². The highest BCUT2D eigenvalue weighted by Crippen LogP contribution is 2.42. The van der Waals surface area contributed by atoms with Gasteiger partial charge in [0.15, 0.2) is 5.15 Å². The van der Waals surface area contributed by atoms with Crippen LogP contribution in [-0.4, -0.2) is 69.6 Å². The van der Waals surface area contributed by atoms with Crippen molar-refractivity contribution in [1.29, 1.82) is 0 Å². The highest BCUT2D eigenvalue weighted by Gasteiger charge is 2.54. The van der Waals surface area contributed by atoms with Crippen molar-refractivity contribution >= 4 is 23.4 Å². The van der Waals surface area contributed by atoms with Gasteiger partial charge >= 0.3 is 0 Å². The predicted molar refractivity (Wildman–Crippen MR) is 99.5 cm³/mol. The fourth-order valence-electron chi connectivity index (χ4n) is 4.25. The van der Waals surface area contributed by atoms with E-state index in [4.69, 9.17) is 16.1 Å². The zero-order chi connectivity index (χ0) is 20.6. The van der Waals surface area contributed by atoms with Crippen LogP contribution < -0.4 is 0 Å². The minimum absolute atomic E-state index is 0.0401. The van der Waals surface area contributed by atoms with E-state index in [9.17, 15) is 19.1 Å². The van der Waals surface area contributed by atoms with E-state index in [1.807, 2.05) is 0 Å². The fraction of sp³-hybridized carbons (Fsp3) is 0.474. The largest absolute Gasteiger partial charge is 0.396 e. The van der Waals surface area contributed by atoms with Crippen molar-refractivity contribution in [3.8, 4) is 0 Å². The second-order valence-electron chi connectivity index (χ2n) is 7.69. The molecule has 2 unspecified atom stereocenters. The molecule has 4 heterocycles. The van der Waals surface area contributed by atoms with E-state index >= 15 is 0 Å². The molecule has 2 atom stereocenters. The van der Waals surface area contributed by atoms with Gasteiger partial charge in [-0.2, -0.15) is 0 Å². The molecule has 2 saturated heterocycles. The lowest BCUT2D eigenvalue weighted by molar-refractivity contribution is -0.130. The first-order chi connectivity index (χ1) is 13.9. The van der Waals surface area contributed by atoms with E-state index < -0.39 is 11.2 Å². The lowest BCUT2D eigenvalue weighted by Crippen LogP contribution is -2.40. The third kappa shape index (κ3) is 3.84.